The van der Waals surface area contributed by atoms with E-state index in [1.165, 1.54) is 24.3 Å². The number of carbonyl (C=O) groups excluding carboxylic acids is 2. The second-order valence-corrected chi connectivity index (χ2v) is 7.11. The van der Waals surface area contributed by atoms with Gasteiger partial charge in [0.1, 0.15) is 11.8 Å². The Bertz CT molecular complexity index is 878. The smallest absolute Gasteiger partial charge is 0.372 e. The van der Waals surface area contributed by atoms with Crippen LogP contribution in [0.2, 0.25) is 0 Å². The van der Waals surface area contributed by atoms with Crippen LogP contribution in [0.4, 0.5) is 0 Å². The summed E-state index contributed by atoms with van der Waals surface area (Å²) in [6.45, 7) is 2.46. The summed E-state index contributed by atoms with van der Waals surface area (Å²) in [4.78, 5) is 57.1. The zero-order valence-electron chi connectivity index (χ0n) is 18.2. The van der Waals surface area contributed by atoms with Crippen molar-refractivity contribution in [3.05, 3.63) is 41.7 Å². The van der Waals surface area contributed by atoms with Gasteiger partial charge in [-0.15, -0.1) is 0 Å². The summed E-state index contributed by atoms with van der Waals surface area (Å²) in [6, 6.07) is 4.93. The first kappa shape index (κ1) is 27.1. The number of carboxylic acid groups (broad SMARTS) is 3. The monoisotopic (exact) mass is 464 g/mol. The van der Waals surface area contributed by atoms with Crippen LogP contribution in [0.3, 0.4) is 0 Å². The summed E-state index contributed by atoms with van der Waals surface area (Å²) < 4.78 is 5.07. The first-order valence-corrected chi connectivity index (χ1v) is 10.4. The van der Waals surface area contributed by atoms with Gasteiger partial charge in [0.15, 0.2) is 0 Å². The SMILES string of the molecule is CCCCCNC(=O)[C@H](Cc1ccc(O/C(=C\C(=O)O)C(=O)O)cc1)NC(=O)CCC(=O)O. The van der Waals surface area contributed by atoms with Crippen molar-refractivity contribution in [2.75, 3.05) is 6.54 Å². The standard InChI is InChI=1S/C22H28N2O9/c1-2-3-4-11-23-21(30)16(24-18(25)9-10-19(26)27)12-14-5-7-15(8-6-14)33-17(22(31)32)13-20(28)29/h5-8,13,16H,2-4,9-12H2,1H3,(H,23,30)(H,24,25)(H,26,27)(H,28,29)(H,31,32)/b17-13-/t16-/m0/s1. The maximum atomic E-state index is 12.6. The molecule has 0 aliphatic rings. The van der Waals surface area contributed by atoms with Crippen molar-refractivity contribution in [3.63, 3.8) is 0 Å². The van der Waals surface area contributed by atoms with E-state index < -0.39 is 41.5 Å². The molecule has 1 aromatic carbocycles. The quantitative estimate of drug-likeness (QED) is 0.145. The maximum absolute atomic E-state index is 12.6. The average molecular weight is 464 g/mol. The van der Waals surface area contributed by atoms with Gasteiger partial charge in [-0.2, -0.15) is 0 Å². The van der Waals surface area contributed by atoms with E-state index in [1.54, 1.807) is 0 Å². The van der Waals surface area contributed by atoms with E-state index in [-0.39, 0.29) is 25.0 Å². The van der Waals surface area contributed by atoms with Crippen LogP contribution >= 0.6 is 0 Å². The summed E-state index contributed by atoms with van der Waals surface area (Å²) >= 11 is 0. The highest BCUT2D eigenvalue weighted by atomic mass is 16.5. The fourth-order valence-corrected chi connectivity index (χ4v) is 2.71. The van der Waals surface area contributed by atoms with Gasteiger partial charge in [-0.25, -0.2) is 9.59 Å². The molecule has 2 amide bonds. The number of ether oxygens (including phenoxy) is 1. The van der Waals surface area contributed by atoms with Crippen molar-refractivity contribution in [2.24, 2.45) is 0 Å². The Labute approximate surface area is 190 Å². The molecule has 0 aliphatic carbocycles. The van der Waals surface area contributed by atoms with Crippen LogP contribution in [0.15, 0.2) is 36.1 Å². The summed E-state index contributed by atoms with van der Waals surface area (Å²) in [7, 11) is 0. The molecule has 0 aliphatic heterocycles. The molecule has 0 aromatic heterocycles. The van der Waals surface area contributed by atoms with E-state index >= 15 is 0 Å². The Morgan fingerprint density at radius 1 is 1.00 bits per heavy atom. The second kappa shape index (κ2) is 14.2. The lowest BCUT2D eigenvalue weighted by atomic mass is 10.0. The molecule has 0 saturated heterocycles. The minimum Gasteiger partial charge on any atom is -0.481 e. The average Bonchev–Trinajstić information content (AvgIpc) is 2.75. The molecule has 0 saturated carbocycles. The van der Waals surface area contributed by atoms with Crippen LogP contribution < -0.4 is 15.4 Å². The van der Waals surface area contributed by atoms with Gasteiger partial charge < -0.3 is 30.7 Å². The number of rotatable bonds is 15. The summed E-state index contributed by atoms with van der Waals surface area (Å²) in [5, 5.41) is 31.8. The predicted octanol–water partition coefficient (Wildman–Crippen LogP) is 1.32. The number of benzene rings is 1. The first-order valence-electron chi connectivity index (χ1n) is 10.4. The summed E-state index contributed by atoms with van der Waals surface area (Å²) in [5.41, 5.74) is 0.605. The molecule has 11 nitrogen and oxygen atoms in total. The molecule has 1 aromatic rings. The zero-order chi connectivity index (χ0) is 24.8. The Kier molecular flexibility index (Phi) is 11.7. The largest absolute Gasteiger partial charge is 0.481 e. The van der Waals surface area contributed by atoms with E-state index in [9.17, 15) is 24.0 Å². The Hall–Kier alpha value is -3.89. The molecule has 0 fully saturated rings. The molecule has 5 N–H and O–H groups in total. The Morgan fingerprint density at radius 2 is 1.67 bits per heavy atom. The highest BCUT2D eigenvalue weighted by Crippen LogP contribution is 2.17. The van der Waals surface area contributed by atoms with Crippen LogP contribution in [0.25, 0.3) is 0 Å². The molecule has 180 valence electrons. The van der Waals surface area contributed by atoms with Crippen LogP contribution in [-0.2, 0) is 30.4 Å². The molecule has 0 unspecified atom stereocenters. The number of aliphatic carboxylic acids is 3. The van der Waals surface area contributed by atoms with Crippen molar-refractivity contribution < 1.29 is 44.0 Å². The van der Waals surface area contributed by atoms with Crippen LogP contribution in [-0.4, -0.2) is 57.6 Å². The van der Waals surface area contributed by atoms with Gasteiger partial charge in [0, 0.05) is 19.4 Å². The van der Waals surface area contributed by atoms with E-state index in [4.69, 9.17) is 20.1 Å². The van der Waals surface area contributed by atoms with Gasteiger partial charge in [-0.3, -0.25) is 14.4 Å². The third kappa shape index (κ3) is 11.3. The van der Waals surface area contributed by atoms with E-state index in [2.05, 4.69) is 10.6 Å². The summed E-state index contributed by atoms with van der Waals surface area (Å²) in [6.07, 6.45) is 2.58. The van der Waals surface area contributed by atoms with Crippen molar-refractivity contribution >= 4 is 29.7 Å². The van der Waals surface area contributed by atoms with Crippen LogP contribution in [0, 0.1) is 0 Å². The summed E-state index contributed by atoms with van der Waals surface area (Å²) in [5.74, 6) is -5.84. The number of carboxylic acids is 3. The number of hydrogen-bond acceptors (Lipinski definition) is 6. The molecule has 0 bridgehead atoms. The number of carbonyl (C=O) groups is 5. The normalized spacial score (nSPS) is 11.8. The molecule has 11 heteroatoms. The Morgan fingerprint density at radius 3 is 2.21 bits per heavy atom. The fourth-order valence-electron chi connectivity index (χ4n) is 2.71. The van der Waals surface area contributed by atoms with Crippen molar-refractivity contribution in [3.8, 4) is 5.75 Å². The molecule has 1 atom stereocenters. The van der Waals surface area contributed by atoms with Gasteiger partial charge in [0.2, 0.25) is 17.6 Å². The van der Waals surface area contributed by atoms with E-state index in [0.29, 0.717) is 18.2 Å². The van der Waals surface area contributed by atoms with E-state index in [0.717, 1.165) is 19.3 Å². The molecule has 0 spiro atoms. The highest BCUT2D eigenvalue weighted by Gasteiger charge is 2.21. The lowest BCUT2D eigenvalue weighted by Gasteiger charge is -2.19. The van der Waals surface area contributed by atoms with Crippen molar-refractivity contribution in [1.29, 1.82) is 0 Å². The fraction of sp³-hybridized carbons (Fsp3) is 0.409. The lowest BCUT2D eigenvalue weighted by Crippen LogP contribution is -2.48. The van der Waals surface area contributed by atoms with Gasteiger partial charge in [0.05, 0.1) is 12.5 Å². The molecular weight excluding hydrogens is 436 g/mol. The Balaban J connectivity index is 2.88. The van der Waals surface area contributed by atoms with Crippen molar-refractivity contribution in [2.45, 2.75) is 51.5 Å². The third-order valence-corrected chi connectivity index (χ3v) is 4.35. The maximum Gasteiger partial charge on any atom is 0.372 e. The number of nitrogens with one attached hydrogen (secondary N) is 2. The van der Waals surface area contributed by atoms with Crippen molar-refractivity contribution in [1.82, 2.24) is 10.6 Å². The molecular formula is C22H28N2O9. The molecule has 0 heterocycles. The molecule has 33 heavy (non-hydrogen) atoms. The number of unbranched alkanes of at least 4 members (excludes halogenated alkanes) is 2. The molecule has 1 rings (SSSR count). The minimum absolute atomic E-state index is 0.0692. The van der Waals surface area contributed by atoms with Crippen LogP contribution in [0.1, 0.15) is 44.6 Å². The van der Waals surface area contributed by atoms with Gasteiger partial charge in [0.25, 0.3) is 0 Å². The lowest BCUT2D eigenvalue weighted by molar-refractivity contribution is -0.139. The first-order chi connectivity index (χ1) is 15.6. The molecule has 0 radical (unpaired) electrons. The zero-order valence-corrected chi connectivity index (χ0v) is 18.2. The minimum atomic E-state index is -1.55. The van der Waals surface area contributed by atoms with Gasteiger partial charge >= 0.3 is 17.9 Å². The van der Waals surface area contributed by atoms with E-state index in [1.807, 2.05) is 6.92 Å². The van der Waals surface area contributed by atoms with Gasteiger partial charge in [-0.05, 0) is 24.1 Å². The highest BCUT2D eigenvalue weighted by molar-refractivity contribution is 5.93. The third-order valence-electron chi connectivity index (χ3n) is 4.35. The predicted molar refractivity (Wildman–Crippen MR) is 115 cm³/mol. The number of hydrogen-bond donors (Lipinski definition) is 5. The van der Waals surface area contributed by atoms with Crippen LogP contribution in [0.5, 0.6) is 5.75 Å². The topological polar surface area (TPSA) is 179 Å². The van der Waals surface area contributed by atoms with Gasteiger partial charge in [-0.1, -0.05) is 31.9 Å². The number of amides is 2. The second-order valence-electron chi connectivity index (χ2n) is 7.11.